The van der Waals surface area contributed by atoms with Gasteiger partial charge in [-0.25, -0.2) is 0 Å². The lowest BCUT2D eigenvalue weighted by Crippen LogP contribution is -2.18. The smallest absolute Gasteiger partial charge is 0.416 e. The first-order valence-electron chi connectivity index (χ1n) is 5.71. The zero-order valence-electron chi connectivity index (χ0n) is 9.82. The molecule has 0 saturated heterocycles. The molecule has 1 aliphatic carbocycles. The molecule has 2 N–H and O–H groups in total. The van der Waals surface area contributed by atoms with E-state index in [1.54, 1.807) is 12.2 Å². The Bertz CT molecular complexity index is 494. The Labute approximate surface area is 107 Å². The highest BCUT2D eigenvalue weighted by molar-refractivity contribution is 5.73. The number of hydrogen-bond acceptors (Lipinski definition) is 2. The zero-order valence-corrected chi connectivity index (χ0v) is 9.82. The van der Waals surface area contributed by atoms with Gasteiger partial charge < -0.3 is 10.4 Å². The average Bonchev–Trinajstić information content (AvgIpc) is 2.77. The molecule has 19 heavy (non-hydrogen) atoms. The van der Waals surface area contributed by atoms with Gasteiger partial charge in [-0.05, 0) is 30.7 Å². The van der Waals surface area contributed by atoms with Crippen molar-refractivity contribution in [2.75, 3.05) is 5.32 Å². The molecule has 0 radical (unpaired) electrons. The van der Waals surface area contributed by atoms with Crippen molar-refractivity contribution in [3.63, 3.8) is 0 Å². The summed E-state index contributed by atoms with van der Waals surface area (Å²) in [4.78, 5) is 10.8. The summed E-state index contributed by atoms with van der Waals surface area (Å²) in [5, 5.41) is 11.8. The van der Waals surface area contributed by atoms with Crippen LogP contribution in [0, 0.1) is 5.92 Å². The van der Waals surface area contributed by atoms with E-state index in [1.807, 2.05) is 0 Å². The van der Waals surface area contributed by atoms with Crippen LogP contribution in [0.3, 0.4) is 0 Å². The zero-order chi connectivity index (χ0) is 14.0. The standard InChI is InChI=1S/C13H12F3NO2/c14-13(15,16)9-2-5-10(6-3-9)17-11-4-1-8(7-11)12(18)19/h1-6,8,11,17H,7H2,(H,18,19). The number of carboxylic acids is 1. The largest absolute Gasteiger partial charge is 0.481 e. The fourth-order valence-corrected chi connectivity index (χ4v) is 1.96. The van der Waals surface area contributed by atoms with Crippen molar-refractivity contribution in [1.82, 2.24) is 0 Å². The summed E-state index contributed by atoms with van der Waals surface area (Å²) >= 11 is 0. The summed E-state index contributed by atoms with van der Waals surface area (Å²) in [5.74, 6) is -1.43. The van der Waals surface area contributed by atoms with Gasteiger partial charge in [-0.2, -0.15) is 13.2 Å². The van der Waals surface area contributed by atoms with Crippen molar-refractivity contribution in [2.45, 2.75) is 18.6 Å². The van der Waals surface area contributed by atoms with Gasteiger partial charge >= 0.3 is 12.1 Å². The Morgan fingerprint density at radius 2 is 1.84 bits per heavy atom. The number of halogens is 3. The molecule has 0 saturated carbocycles. The summed E-state index contributed by atoms with van der Waals surface area (Å²) < 4.78 is 37.1. The number of carbonyl (C=O) groups is 1. The van der Waals surface area contributed by atoms with Gasteiger partial charge in [-0.1, -0.05) is 12.2 Å². The molecule has 1 aromatic carbocycles. The lowest BCUT2D eigenvalue weighted by molar-refractivity contribution is -0.140. The first kappa shape index (κ1) is 13.5. The maximum absolute atomic E-state index is 12.4. The van der Waals surface area contributed by atoms with Gasteiger partial charge in [0.1, 0.15) is 0 Å². The number of anilines is 1. The Morgan fingerprint density at radius 3 is 2.32 bits per heavy atom. The molecule has 3 nitrogen and oxygen atoms in total. The lowest BCUT2D eigenvalue weighted by atomic mass is 10.1. The molecule has 6 heteroatoms. The quantitative estimate of drug-likeness (QED) is 0.830. The van der Waals surface area contributed by atoms with E-state index >= 15 is 0 Å². The fourth-order valence-electron chi connectivity index (χ4n) is 1.96. The van der Waals surface area contributed by atoms with Crippen molar-refractivity contribution in [3.05, 3.63) is 42.0 Å². The third-order valence-electron chi connectivity index (χ3n) is 2.97. The van der Waals surface area contributed by atoms with Gasteiger partial charge in [0.2, 0.25) is 0 Å². The predicted octanol–water partition coefficient (Wildman–Crippen LogP) is 3.15. The second-order valence-electron chi connectivity index (χ2n) is 4.39. The van der Waals surface area contributed by atoms with E-state index in [9.17, 15) is 18.0 Å². The molecule has 0 spiro atoms. The van der Waals surface area contributed by atoms with E-state index in [0.717, 1.165) is 12.1 Å². The monoisotopic (exact) mass is 271 g/mol. The molecule has 2 atom stereocenters. The van der Waals surface area contributed by atoms with Gasteiger partial charge in [0.25, 0.3) is 0 Å². The SMILES string of the molecule is O=C(O)C1C=CC(Nc2ccc(C(F)(F)F)cc2)C1. The summed E-state index contributed by atoms with van der Waals surface area (Å²) in [7, 11) is 0. The number of benzene rings is 1. The van der Waals surface area contributed by atoms with E-state index in [4.69, 9.17) is 5.11 Å². The molecule has 0 heterocycles. The average molecular weight is 271 g/mol. The highest BCUT2D eigenvalue weighted by Gasteiger charge is 2.30. The lowest BCUT2D eigenvalue weighted by Gasteiger charge is -2.14. The number of alkyl halides is 3. The van der Waals surface area contributed by atoms with Gasteiger partial charge in [0.15, 0.2) is 0 Å². The Balaban J connectivity index is 1.98. The summed E-state index contributed by atoms with van der Waals surface area (Å²) in [6, 6.07) is 4.50. The predicted molar refractivity (Wildman–Crippen MR) is 63.7 cm³/mol. The summed E-state index contributed by atoms with van der Waals surface area (Å²) in [5.41, 5.74) is -0.169. The Hall–Kier alpha value is -1.98. The third kappa shape index (κ3) is 3.27. The van der Waals surface area contributed by atoms with Crippen LogP contribution in [0.4, 0.5) is 18.9 Å². The molecule has 0 fully saturated rings. The van der Waals surface area contributed by atoms with Crippen LogP contribution >= 0.6 is 0 Å². The maximum Gasteiger partial charge on any atom is 0.416 e. The van der Waals surface area contributed by atoms with E-state index in [-0.39, 0.29) is 6.04 Å². The second-order valence-corrected chi connectivity index (χ2v) is 4.39. The van der Waals surface area contributed by atoms with Crippen molar-refractivity contribution >= 4 is 11.7 Å². The molecular weight excluding hydrogens is 259 g/mol. The second kappa shape index (κ2) is 4.95. The maximum atomic E-state index is 12.4. The van der Waals surface area contributed by atoms with Crippen LogP contribution in [0.15, 0.2) is 36.4 Å². The Kier molecular flexibility index (Phi) is 3.50. The van der Waals surface area contributed by atoms with Crippen LogP contribution in [0.25, 0.3) is 0 Å². The van der Waals surface area contributed by atoms with Crippen molar-refractivity contribution in [1.29, 1.82) is 0 Å². The van der Waals surface area contributed by atoms with Gasteiger partial charge in [0, 0.05) is 11.7 Å². The molecular formula is C13H12F3NO2. The van der Waals surface area contributed by atoms with Crippen LogP contribution in [0.2, 0.25) is 0 Å². The minimum absolute atomic E-state index is 0.169. The molecule has 1 aliphatic rings. The molecule has 0 bridgehead atoms. The molecule has 2 unspecified atom stereocenters. The van der Waals surface area contributed by atoms with Crippen LogP contribution in [-0.4, -0.2) is 17.1 Å². The highest BCUT2D eigenvalue weighted by Crippen LogP contribution is 2.30. The normalized spacial score (nSPS) is 22.5. The molecule has 1 aromatic rings. The first-order chi connectivity index (χ1) is 8.86. The molecule has 2 rings (SSSR count). The summed E-state index contributed by atoms with van der Waals surface area (Å²) in [6.45, 7) is 0. The Morgan fingerprint density at radius 1 is 1.21 bits per heavy atom. The van der Waals surface area contributed by atoms with Crippen LogP contribution in [0.5, 0.6) is 0 Å². The van der Waals surface area contributed by atoms with Crippen molar-refractivity contribution in [2.24, 2.45) is 5.92 Å². The van der Waals surface area contributed by atoms with Gasteiger partial charge in [-0.3, -0.25) is 4.79 Å². The van der Waals surface area contributed by atoms with Crippen LogP contribution < -0.4 is 5.32 Å². The molecule has 0 aromatic heterocycles. The number of carboxylic acid groups (broad SMARTS) is 1. The van der Waals surface area contributed by atoms with E-state index < -0.39 is 23.6 Å². The van der Waals surface area contributed by atoms with E-state index in [0.29, 0.717) is 12.1 Å². The molecule has 0 amide bonds. The highest BCUT2D eigenvalue weighted by atomic mass is 19.4. The molecule has 102 valence electrons. The number of hydrogen-bond donors (Lipinski definition) is 2. The van der Waals surface area contributed by atoms with E-state index in [2.05, 4.69) is 5.32 Å². The number of rotatable bonds is 3. The third-order valence-corrected chi connectivity index (χ3v) is 2.97. The summed E-state index contributed by atoms with van der Waals surface area (Å²) in [6.07, 6.45) is -0.642. The van der Waals surface area contributed by atoms with Crippen molar-refractivity contribution < 1.29 is 23.1 Å². The fraction of sp³-hybridized carbons (Fsp3) is 0.308. The first-order valence-corrected chi connectivity index (χ1v) is 5.71. The number of aliphatic carboxylic acids is 1. The van der Waals surface area contributed by atoms with Crippen LogP contribution in [0.1, 0.15) is 12.0 Å². The minimum atomic E-state index is -4.35. The molecule has 0 aliphatic heterocycles. The number of nitrogens with one attached hydrogen (secondary N) is 1. The van der Waals surface area contributed by atoms with Crippen LogP contribution in [-0.2, 0) is 11.0 Å². The van der Waals surface area contributed by atoms with Gasteiger partial charge in [0.05, 0.1) is 11.5 Å². The van der Waals surface area contributed by atoms with Crippen molar-refractivity contribution in [3.8, 4) is 0 Å². The topological polar surface area (TPSA) is 49.3 Å². The van der Waals surface area contributed by atoms with Gasteiger partial charge in [-0.15, -0.1) is 0 Å². The minimum Gasteiger partial charge on any atom is -0.481 e. The van der Waals surface area contributed by atoms with E-state index in [1.165, 1.54) is 12.1 Å².